The van der Waals surface area contributed by atoms with Crippen molar-refractivity contribution in [1.82, 2.24) is 44.9 Å². The van der Waals surface area contributed by atoms with E-state index in [1.807, 2.05) is 11.0 Å². The van der Waals surface area contributed by atoms with Crippen molar-refractivity contribution in [3.8, 4) is 11.5 Å². The van der Waals surface area contributed by atoms with Gasteiger partial charge in [0.25, 0.3) is 0 Å². The smallest absolute Gasteiger partial charge is 0.230 e. The van der Waals surface area contributed by atoms with E-state index in [1.165, 1.54) is 12.3 Å². The molecule has 1 fully saturated rings. The van der Waals surface area contributed by atoms with Crippen molar-refractivity contribution in [2.45, 2.75) is 25.7 Å². The Balaban J connectivity index is 1.30. The first-order chi connectivity index (χ1) is 15.2. The number of aromatic nitrogens is 8. The van der Waals surface area contributed by atoms with Crippen LogP contribution in [0.3, 0.4) is 0 Å². The SMILES string of the molecule is O=C(Cc1nn[nH]n1)N1CCC[C@@H](Cc2ccnc(-c3cnc4ccc(F)cn34)n2)C1. The van der Waals surface area contributed by atoms with Crippen LogP contribution in [0.2, 0.25) is 0 Å². The predicted molar refractivity (Wildman–Crippen MR) is 107 cm³/mol. The lowest BCUT2D eigenvalue weighted by molar-refractivity contribution is -0.132. The Morgan fingerprint density at radius 1 is 1.26 bits per heavy atom. The highest BCUT2D eigenvalue weighted by molar-refractivity contribution is 5.78. The average Bonchev–Trinajstić information content (AvgIpc) is 3.43. The molecule has 4 aromatic heterocycles. The third-order valence-electron chi connectivity index (χ3n) is 5.48. The zero-order valence-corrected chi connectivity index (χ0v) is 16.6. The summed E-state index contributed by atoms with van der Waals surface area (Å²) in [5, 5.41) is 13.6. The number of imidazole rings is 1. The molecular formula is C20H20FN9O. The first-order valence-electron chi connectivity index (χ1n) is 10.1. The van der Waals surface area contributed by atoms with E-state index in [9.17, 15) is 9.18 Å². The number of amides is 1. The largest absolute Gasteiger partial charge is 0.342 e. The molecule has 11 heteroatoms. The van der Waals surface area contributed by atoms with E-state index in [4.69, 9.17) is 0 Å². The van der Waals surface area contributed by atoms with E-state index in [-0.39, 0.29) is 18.1 Å². The third kappa shape index (κ3) is 4.11. The minimum absolute atomic E-state index is 0.00207. The van der Waals surface area contributed by atoms with E-state index in [0.717, 1.165) is 31.5 Å². The number of nitrogens with one attached hydrogen (secondary N) is 1. The highest BCUT2D eigenvalue weighted by Gasteiger charge is 2.25. The summed E-state index contributed by atoms with van der Waals surface area (Å²) in [7, 11) is 0. The normalized spacial score (nSPS) is 16.7. The second-order valence-electron chi connectivity index (χ2n) is 7.65. The number of likely N-dealkylation sites (tertiary alicyclic amines) is 1. The highest BCUT2D eigenvalue weighted by atomic mass is 19.1. The maximum absolute atomic E-state index is 13.7. The number of pyridine rings is 1. The van der Waals surface area contributed by atoms with Gasteiger partial charge < -0.3 is 4.90 Å². The Labute approximate surface area is 176 Å². The summed E-state index contributed by atoms with van der Waals surface area (Å²) in [6.07, 6.45) is 7.56. The maximum Gasteiger partial charge on any atom is 0.230 e. The lowest BCUT2D eigenvalue weighted by Crippen LogP contribution is -2.41. The van der Waals surface area contributed by atoms with Crippen LogP contribution >= 0.6 is 0 Å². The number of halogens is 1. The number of fused-ring (bicyclic) bond motifs is 1. The molecule has 1 aliphatic heterocycles. The van der Waals surface area contributed by atoms with Gasteiger partial charge in [-0.25, -0.2) is 19.3 Å². The fourth-order valence-electron chi connectivity index (χ4n) is 4.01. The Hall–Kier alpha value is -3.76. The van der Waals surface area contributed by atoms with Gasteiger partial charge in [-0.2, -0.15) is 5.21 Å². The van der Waals surface area contributed by atoms with Crippen LogP contribution in [0.25, 0.3) is 17.2 Å². The van der Waals surface area contributed by atoms with Gasteiger partial charge >= 0.3 is 0 Å². The molecule has 1 amide bonds. The summed E-state index contributed by atoms with van der Waals surface area (Å²) in [6.45, 7) is 1.40. The summed E-state index contributed by atoms with van der Waals surface area (Å²) in [4.78, 5) is 27.8. The van der Waals surface area contributed by atoms with Gasteiger partial charge in [-0.1, -0.05) is 5.21 Å². The number of carbonyl (C=O) groups is 1. The molecule has 10 nitrogen and oxygen atoms in total. The average molecular weight is 421 g/mol. The fraction of sp³-hybridized carbons (Fsp3) is 0.350. The lowest BCUT2D eigenvalue weighted by atomic mass is 9.93. The molecule has 1 atom stereocenters. The molecule has 1 aliphatic rings. The standard InChI is InChI=1S/C20H20FN9O/c21-14-3-4-18-23-10-16(30(18)12-14)20-22-6-5-15(24-20)8-13-2-1-7-29(11-13)19(31)9-17-25-27-28-26-17/h3-6,10,12-13H,1-2,7-9,11H2,(H,25,26,27,28)/t13-/m0/s1. The minimum atomic E-state index is -0.351. The molecule has 0 radical (unpaired) electrons. The number of H-pyrrole nitrogens is 1. The Kier molecular flexibility index (Phi) is 5.06. The van der Waals surface area contributed by atoms with Gasteiger partial charge in [-0.3, -0.25) is 9.20 Å². The van der Waals surface area contributed by atoms with E-state index < -0.39 is 0 Å². The Morgan fingerprint density at radius 2 is 2.19 bits per heavy atom. The molecule has 1 N–H and O–H groups in total. The summed E-state index contributed by atoms with van der Waals surface area (Å²) in [6, 6.07) is 4.87. The molecule has 5 heterocycles. The molecule has 158 valence electrons. The van der Waals surface area contributed by atoms with Crippen LogP contribution in [-0.2, 0) is 17.6 Å². The zero-order valence-electron chi connectivity index (χ0n) is 16.6. The molecule has 5 rings (SSSR count). The molecular weight excluding hydrogens is 401 g/mol. The van der Waals surface area contributed by atoms with Gasteiger partial charge in [0.15, 0.2) is 11.6 Å². The van der Waals surface area contributed by atoms with Crippen molar-refractivity contribution in [3.05, 3.63) is 54.1 Å². The summed E-state index contributed by atoms with van der Waals surface area (Å²) < 4.78 is 15.3. The summed E-state index contributed by atoms with van der Waals surface area (Å²) in [5.74, 6) is 0.844. The first kappa shape index (κ1) is 19.2. The quantitative estimate of drug-likeness (QED) is 0.518. The Morgan fingerprint density at radius 3 is 3.06 bits per heavy atom. The van der Waals surface area contributed by atoms with E-state index in [2.05, 4.69) is 35.6 Å². The number of hydrogen-bond donors (Lipinski definition) is 1. The molecule has 0 spiro atoms. The van der Waals surface area contributed by atoms with E-state index >= 15 is 0 Å². The van der Waals surface area contributed by atoms with Crippen molar-refractivity contribution in [3.63, 3.8) is 0 Å². The molecule has 0 unspecified atom stereocenters. The van der Waals surface area contributed by atoms with Crippen molar-refractivity contribution in [2.75, 3.05) is 13.1 Å². The molecule has 4 aromatic rings. The molecule has 0 aromatic carbocycles. The van der Waals surface area contributed by atoms with Gasteiger partial charge in [-0.05, 0) is 43.4 Å². The number of nitrogens with zero attached hydrogens (tertiary/aromatic N) is 8. The topological polar surface area (TPSA) is 118 Å². The Bertz CT molecular complexity index is 1210. The molecule has 1 saturated heterocycles. The van der Waals surface area contributed by atoms with Gasteiger partial charge in [0.2, 0.25) is 5.91 Å². The summed E-state index contributed by atoms with van der Waals surface area (Å²) in [5.41, 5.74) is 2.15. The number of hydrogen-bond acceptors (Lipinski definition) is 7. The molecule has 31 heavy (non-hydrogen) atoms. The minimum Gasteiger partial charge on any atom is -0.342 e. The monoisotopic (exact) mass is 421 g/mol. The van der Waals surface area contributed by atoms with Crippen LogP contribution in [0.5, 0.6) is 0 Å². The third-order valence-corrected chi connectivity index (χ3v) is 5.48. The van der Waals surface area contributed by atoms with Crippen LogP contribution in [0, 0.1) is 11.7 Å². The number of rotatable bonds is 5. The van der Waals surface area contributed by atoms with Gasteiger partial charge in [-0.15, -0.1) is 10.2 Å². The van der Waals surface area contributed by atoms with Gasteiger partial charge in [0.1, 0.15) is 17.2 Å². The maximum atomic E-state index is 13.7. The van der Waals surface area contributed by atoms with Gasteiger partial charge in [0.05, 0.1) is 12.6 Å². The van der Waals surface area contributed by atoms with Crippen LogP contribution in [0.15, 0.2) is 36.8 Å². The van der Waals surface area contributed by atoms with Gasteiger partial charge in [0, 0.05) is 31.2 Å². The first-order valence-corrected chi connectivity index (χ1v) is 10.1. The second kappa shape index (κ2) is 8.17. The van der Waals surface area contributed by atoms with Crippen molar-refractivity contribution < 1.29 is 9.18 Å². The van der Waals surface area contributed by atoms with Crippen molar-refractivity contribution in [1.29, 1.82) is 0 Å². The fourth-order valence-corrected chi connectivity index (χ4v) is 4.01. The van der Waals surface area contributed by atoms with E-state index in [0.29, 0.717) is 35.5 Å². The van der Waals surface area contributed by atoms with Crippen molar-refractivity contribution >= 4 is 11.6 Å². The van der Waals surface area contributed by atoms with E-state index in [1.54, 1.807) is 22.9 Å². The highest BCUT2D eigenvalue weighted by Crippen LogP contribution is 2.23. The number of aromatic amines is 1. The number of carbonyl (C=O) groups excluding carboxylic acids is 1. The van der Waals surface area contributed by atoms with Crippen LogP contribution in [0.4, 0.5) is 4.39 Å². The molecule has 0 bridgehead atoms. The van der Waals surface area contributed by atoms with Crippen molar-refractivity contribution in [2.24, 2.45) is 5.92 Å². The number of tetrazole rings is 1. The molecule has 0 saturated carbocycles. The lowest BCUT2D eigenvalue weighted by Gasteiger charge is -2.32. The predicted octanol–water partition coefficient (Wildman–Crippen LogP) is 1.47. The summed E-state index contributed by atoms with van der Waals surface area (Å²) >= 11 is 0. The zero-order chi connectivity index (χ0) is 21.2. The van der Waals surface area contributed by atoms with Crippen LogP contribution in [-0.4, -0.2) is 63.9 Å². The van der Waals surface area contributed by atoms with Crippen LogP contribution in [0.1, 0.15) is 24.4 Å². The van der Waals surface area contributed by atoms with Crippen LogP contribution < -0.4 is 0 Å². The number of piperidine rings is 1. The second-order valence-corrected chi connectivity index (χ2v) is 7.65. The molecule has 0 aliphatic carbocycles.